The molecule has 3 rings (SSSR count). The molecule has 0 saturated heterocycles. The van der Waals surface area contributed by atoms with Crippen LogP contribution in [0.15, 0.2) is 36.5 Å². The van der Waals surface area contributed by atoms with E-state index >= 15 is 0 Å². The summed E-state index contributed by atoms with van der Waals surface area (Å²) in [7, 11) is 6.04. The lowest BCUT2D eigenvalue weighted by Gasteiger charge is -2.25. The van der Waals surface area contributed by atoms with Crippen LogP contribution in [0.4, 0.5) is 23.1 Å². The first-order valence-corrected chi connectivity index (χ1v) is 12.8. The predicted molar refractivity (Wildman–Crippen MR) is 146 cm³/mol. The van der Waals surface area contributed by atoms with Crippen LogP contribution in [0.5, 0.6) is 23.0 Å². The van der Waals surface area contributed by atoms with Gasteiger partial charge >= 0.3 is 0 Å². The van der Waals surface area contributed by atoms with Crippen molar-refractivity contribution in [3.63, 3.8) is 0 Å². The SMILES string of the molecule is COc1ccc(Nc2nc(Nc3cc(OC)c(OC)c(OC)c3)ncc2Cl)c(CN(CCNC=O)S(=O)[O-])c1. The first kappa shape index (κ1) is 29.7. The van der Waals surface area contributed by atoms with Gasteiger partial charge in [-0.1, -0.05) is 11.6 Å². The van der Waals surface area contributed by atoms with Crippen molar-refractivity contribution in [2.24, 2.45) is 0 Å². The zero-order valence-electron chi connectivity index (χ0n) is 21.6. The first-order chi connectivity index (χ1) is 18.8. The highest BCUT2D eigenvalue weighted by molar-refractivity contribution is 7.76. The van der Waals surface area contributed by atoms with E-state index in [1.807, 2.05) is 0 Å². The zero-order chi connectivity index (χ0) is 28.4. The van der Waals surface area contributed by atoms with Gasteiger partial charge in [-0.15, -0.1) is 0 Å². The van der Waals surface area contributed by atoms with Crippen molar-refractivity contribution in [1.29, 1.82) is 0 Å². The van der Waals surface area contributed by atoms with Crippen molar-refractivity contribution in [2.75, 3.05) is 52.2 Å². The van der Waals surface area contributed by atoms with Crippen molar-refractivity contribution in [3.8, 4) is 23.0 Å². The van der Waals surface area contributed by atoms with Gasteiger partial charge in [-0.3, -0.25) is 9.00 Å². The van der Waals surface area contributed by atoms with E-state index in [0.717, 1.165) is 4.31 Å². The van der Waals surface area contributed by atoms with Crippen LogP contribution in [-0.4, -0.2) is 71.0 Å². The third-order valence-corrected chi connectivity index (χ3v) is 6.39. The highest BCUT2D eigenvalue weighted by atomic mass is 35.5. The van der Waals surface area contributed by atoms with Gasteiger partial charge in [0.2, 0.25) is 18.1 Å². The molecule has 0 aliphatic rings. The zero-order valence-corrected chi connectivity index (χ0v) is 23.2. The Morgan fingerprint density at radius 2 is 1.77 bits per heavy atom. The van der Waals surface area contributed by atoms with Crippen LogP contribution < -0.4 is 34.9 Å². The summed E-state index contributed by atoms with van der Waals surface area (Å²) in [5.41, 5.74) is 1.69. The Balaban J connectivity index is 1.90. The van der Waals surface area contributed by atoms with Gasteiger partial charge < -0.3 is 39.5 Å². The van der Waals surface area contributed by atoms with Crippen molar-refractivity contribution in [2.45, 2.75) is 6.54 Å². The third-order valence-electron chi connectivity index (χ3n) is 5.38. The van der Waals surface area contributed by atoms with Crippen LogP contribution >= 0.6 is 11.6 Å². The molecule has 0 saturated carbocycles. The molecular weight excluding hydrogens is 552 g/mol. The van der Waals surface area contributed by atoms with E-state index in [-0.39, 0.29) is 36.4 Å². The van der Waals surface area contributed by atoms with E-state index < -0.39 is 11.3 Å². The Kier molecular flexibility index (Phi) is 10.9. The average molecular weight is 580 g/mol. The molecule has 13 nitrogen and oxygen atoms in total. The molecule has 3 aromatic rings. The minimum atomic E-state index is -2.54. The van der Waals surface area contributed by atoms with Crippen LogP contribution in [0, 0.1) is 0 Å². The maximum atomic E-state index is 11.8. The summed E-state index contributed by atoms with van der Waals surface area (Å²) in [6, 6.07) is 8.52. The molecule has 1 amide bonds. The lowest BCUT2D eigenvalue weighted by molar-refractivity contribution is -0.109. The maximum absolute atomic E-state index is 11.8. The molecule has 0 bridgehead atoms. The minimum Gasteiger partial charge on any atom is -0.760 e. The quantitative estimate of drug-likeness (QED) is 0.138. The molecule has 0 aliphatic carbocycles. The Hall–Kier alpha value is -3.85. The molecule has 1 atom stereocenters. The number of rotatable bonds is 15. The van der Waals surface area contributed by atoms with E-state index in [0.29, 0.717) is 46.3 Å². The molecule has 210 valence electrons. The number of amides is 1. The molecule has 0 spiro atoms. The van der Waals surface area contributed by atoms with Crippen LogP contribution in [0.1, 0.15) is 5.56 Å². The summed E-state index contributed by atoms with van der Waals surface area (Å²) in [4.78, 5) is 19.3. The summed E-state index contributed by atoms with van der Waals surface area (Å²) < 4.78 is 46.2. The van der Waals surface area contributed by atoms with Crippen molar-refractivity contribution >= 4 is 52.4 Å². The Morgan fingerprint density at radius 3 is 2.36 bits per heavy atom. The van der Waals surface area contributed by atoms with E-state index in [1.54, 1.807) is 30.3 Å². The number of methoxy groups -OCH3 is 4. The van der Waals surface area contributed by atoms with Gasteiger partial charge in [0.05, 0.1) is 34.6 Å². The number of anilines is 4. The summed E-state index contributed by atoms with van der Waals surface area (Å²) in [6.45, 7) is 0.218. The average Bonchev–Trinajstić information content (AvgIpc) is 2.94. The minimum absolute atomic E-state index is 0.00453. The smallest absolute Gasteiger partial charge is 0.229 e. The molecule has 15 heteroatoms. The predicted octanol–water partition coefficient (Wildman–Crippen LogP) is 2.99. The van der Waals surface area contributed by atoms with E-state index in [4.69, 9.17) is 30.5 Å². The number of carbonyl (C=O) groups excluding carboxylic acids is 1. The van der Waals surface area contributed by atoms with Gasteiger partial charge in [0, 0.05) is 54.4 Å². The van der Waals surface area contributed by atoms with Crippen LogP contribution in [0.2, 0.25) is 5.02 Å². The number of nitrogens with zero attached hydrogens (tertiary/aromatic N) is 3. The van der Waals surface area contributed by atoms with E-state index in [1.165, 1.54) is 34.6 Å². The highest BCUT2D eigenvalue weighted by Gasteiger charge is 2.16. The molecule has 0 fully saturated rings. The molecule has 2 aromatic carbocycles. The number of ether oxygens (including phenoxy) is 4. The number of benzene rings is 2. The molecule has 1 heterocycles. The molecule has 1 aromatic heterocycles. The maximum Gasteiger partial charge on any atom is 0.229 e. The number of carbonyl (C=O) groups is 1. The molecule has 1 unspecified atom stereocenters. The van der Waals surface area contributed by atoms with Gasteiger partial charge in [-0.2, -0.15) is 4.98 Å². The van der Waals surface area contributed by atoms with Crippen molar-refractivity contribution in [3.05, 3.63) is 47.1 Å². The highest BCUT2D eigenvalue weighted by Crippen LogP contribution is 2.40. The van der Waals surface area contributed by atoms with Gasteiger partial charge in [0.1, 0.15) is 10.8 Å². The standard InChI is InChI=1S/C24H29ClN6O7S/c1-35-17-5-6-19(15(9-17)13-31(39(33)34)8-7-26-14-32)29-23-18(25)12-27-24(30-23)28-16-10-20(36-2)22(38-4)21(11-16)37-3/h5-6,9-12,14H,7-8,13H2,1-4H3,(H,26,32)(H,33,34)(H2,27,28,29,30)/p-1. The van der Waals surface area contributed by atoms with Crippen LogP contribution in [0.3, 0.4) is 0 Å². The molecular formula is C24H28ClN6O7S-. The third kappa shape index (κ3) is 7.83. The fourth-order valence-electron chi connectivity index (χ4n) is 3.52. The van der Waals surface area contributed by atoms with E-state index in [9.17, 15) is 13.6 Å². The molecule has 0 aliphatic heterocycles. The lowest BCUT2D eigenvalue weighted by Crippen LogP contribution is -2.32. The number of halogens is 1. The van der Waals surface area contributed by atoms with Gasteiger partial charge in [0.25, 0.3) is 0 Å². The first-order valence-electron chi connectivity index (χ1n) is 11.4. The monoisotopic (exact) mass is 579 g/mol. The Morgan fingerprint density at radius 1 is 1.05 bits per heavy atom. The second-order valence-corrected chi connectivity index (χ2v) is 9.09. The molecule has 3 N–H and O–H groups in total. The van der Waals surface area contributed by atoms with Crippen molar-refractivity contribution in [1.82, 2.24) is 19.6 Å². The summed E-state index contributed by atoms with van der Waals surface area (Å²) >= 11 is 3.85. The van der Waals surface area contributed by atoms with Gasteiger partial charge in [-0.25, -0.2) is 9.29 Å². The second-order valence-electron chi connectivity index (χ2n) is 7.73. The topological polar surface area (TPSA) is 159 Å². The van der Waals surface area contributed by atoms with Crippen molar-refractivity contribution < 1.29 is 32.5 Å². The molecule has 39 heavy (non-hydrogen) atoms. The number of nitrogens with one attached hydrogen (secondary N) is 3. The summed E-state index contributed by atoms with van der Waals surface area (Å²) in [5, 5.41) is 8.91. The van der Waals surface area contributed by atoms with E-state index in [2.05, 4.69) is 25.9 Å². The Labute approximate surface area is 233 Å². The largest absolute Gasteiger partial charge is 0.760 e. The lowest BCUT2D eigenvalue weighted by atomic mass is 10.1. The summed E-state index contributed by atoms with van der Waals surface area (Å²) in [5.74, 6) is 2.33. The fourth-order valence-corrected chi connectivity index (χ4v) is 4.14. The van der Waals surface area contributed by atoms with Crippen LogP contribution in [0.25, 0.3) is 0 Å². The van der Waals surface area contributed by atoms with Crippen LogP contribution in [-0.2, 0) is 22.6 Å². The van der Waals surface area contributed by atoms with Gasteiger partial charge in [0.15, 0.2) is 17.3 Å². The fraction of sp³-hybridized carbons (Fsp3) is 0.292. The number of hydrogen-bond acceptors (Lipinski definition) is 11. The number of hydrogen-bond donors (Lipinski definition) is 3. The second kappa shape index (κ2) is 14.3. The van der Waals surface area contributed by atoms with Gasteiger partial charge in [-0.05, 0) is 23.8 Å². The Bertz CT molecular complexity index is 1290. The normalized spacial score (nSPS) is 11.5. The summed E-state index contributed by atoms with van der Waals surface area (Å²) in [6.07, 6.45) is 1.93. The molecule has 0 radical (unpaired) electrons. The number of aromatic nitrogens is 2.